The number of carbonyl (C=O) groups excluding carboxylic acids is 1. The van der Waals surface area contributed by atoms with Crippen LogP contribution < -0.4 is 0 Å². The zero-order chi connectivity index (χ0) is 13.5. The molecule has 19 heavy (non-hydrogen) atoms. The van der Waals surface area contributed by atoms with E-state index in [1.807, 2.05) is 55.6 Å². The van der Waals surface area contributed by atoms with Gasteiger partial charge in [0.1, 0.15) is 0 Å². The molecule has 1 heterocycles. The van der Waals surface area contributed by atoms with Crippen LogP contribution in [0.3, 0.4) is 0 Å². The van der Waals surface area contributed by atoms with Crippen LogP contribution in [0, 0.1) is 0 Å². The Morgan fingerprint density at radius 1 is 1.16 bits per heavy atom. The minimum absolute atomic E-state index is 0.111. The number of nitrogens with zero attached hydrogens (tertiary/aromatic N) is 2. The third kappa shape index (κ3) is 4.41. The Kier molecular flexibility index (Phi) is 4.98. The van der Waals surface area contributed by atoms with Crippen molar-refractivity contribution in [1.29, 1.82) is 0 Å². The molecule has 0 aliphatic rings. The van der Waals surface area contributed by atoms with Crippen molar-refractivity contribution in [2.75, 3.05) is 12.8 Å². The van der Waals surface area contributed by atoms with Crippen LogP contribution in [0.25, 0.3) is 0 Å². The van der Waals surface area contributed by atoms with Gasteiger partial charge in [-0.1, -0.05) is 48.2 Å². The number of hydrogen-bond donors (Lipinski definition) is 0. The van der Waals surface area contributed by atoms with Gasteiger partial charge in [0.05, 0.1) is 10.8 Å². The fourth-order valence-corrected chi connectivity index (χ4v) is 2.43. The number of amides is 1. The summed E-state index contributed by atoms with van der Waals surface area (Å²) in [6.45, 7) is 0.641. The SMILES string of the molecule is CN(Cc1ccccc1)C(=O)CSc1ccccn1. The minimum Gasteiger partial charge on any atom is -0.341 e. The number of thioether (sulfide) groups is 1. The van der Waals surface area contributed by atoms with Gasteiger partial charge in [-0.15, -0.1) is 0 Å². The lowest BCUT2D eigenvalue weighted by molar-refractivity contribution is -0.127. The van der Waals surface area contributed by atoms with Gasteiger partial charge in [0, 0.05) is 19.8 Å². The molecule has 0 fully saturated rings. The van der Waals surface area contributed by atoms with E-state index in [-0.39, 0.29) is 5.91 Å². The first-order valence-electron chi connectivity index (χ1n) is 6.07. The van der Waals surface area contributed by atoms with E-state index in [9.17, 15) is 4.79 Å². The molecule has 0 unspecified atom stereocenters. The maximum Gasteiger partial charge on any atom is 0.233 e. The maximum atomic E-state index is 12.0. The molecule has 0 saturated heterocycles. The van der Waals surface area contributed by atoms with Crippen molar-refractivity contribution >= 4 is 17.7 Å². The van der Waals surface area contributed by atoms with E-state index < -0.39 is 0 Å². The second-order valence-electron chi connectivity index (χ2n) is 4.19. The van der Waals surface area contributed by atoms with E-state index in [4.69, 9.17) is 0 Å². The van der Waals surface area contributed by atoms with Gasteiger partial charge in [-0.25, -0.2) is 4.98 Å². The number of rotatable bonds is 5. The predicted molar refractivity (Wildman–Crippen MR) is 77.9 cm³/mol. The molecule has 0 aliphatic carbocycles. The molecule has 2 aromatic rings. The Morgan fingerprint density at radius 3 is 2.58 bits per heavy atom. The van der Waals surface area contributed by atoms with Gasteiger partial charge in [-0.05, 0) is 17.7 Å². The van der Waals surface area contributed by atoms with Crippen LogP contribution in [0.15, 0.2) is 59.8 Å². The molecule has 0 aliphatic heterocycles. The zero-order valence-electron chi connectivity index (χ0n) is 10.8. The van der Waals surface area contributed by atoms with Crippen LogP contribution in [0.5, 0.6) is 0 Å². The van der Waals surface area contributed by atoms with Crippen LogP contribution in [0.4, 0.5) is 0 Å². The third-order valence-electron chi connectivity index (χ3n) is 2.67. The second-order valence-corrected chi connectivity index (χ2v) is 5.19. The topological polar surface area (TPSA) is 33.2 Å². The molecule has 98 valence electrons. The van der Waals surface area contributed by atoms with E-state index in [1.165, 1.54) is 11.8 Å². The average Bonchev–Trinajstić information content (AvgIpc) is 2.47. The highest BCUT2D eigenvalue weighted by atomic mass is 32.2. The molecule has 0 N–H and O–H groups in total. The van der Waals surface area contributed by atoms with Crippen LogP contribution in [0.2, 0.25) is 0 Å². The Balaban J connectivity index is 1.83. The number of pyridine rings is 1. The van der Waals surface area contributed by atoms with Crippen LogP contribution in [-0.2, 0) is 11.3 Å². The molecule has 0 radical (unpaired) electrons. The minimum atomic E-state index is 0.111. The van der Waals surface area contributed by atoms with E-state index in [0.29, 0.717) is 12.3 Å². The summed E-state index contributed by atoms with van der Waals surface area (Å²) in [5.41, 5.74) is 1.14. The molecule has 1 aromatic heterocycles. The molecule has 0 atom stereocenters. The van der Waals surface area contributed by atoms with Crippen molar-refractivity contribution < 1.29 is 4.79 Å². The normalized spacial score (nSPS) is 10.2. The standard InChI is InChI=1S/C15H16N2OS/c1-17(11-13-7-3-2-4-8-13)15(18)12-19-14-9-5-6-10-16-14/h2-10H,11-12H2,1H3. The molecule has 1 amide bonds. The van der Waals surface area contributed by atoms with Crippen molar-refractivity contribution in [3.63, 3.8) is 0 Å². The van der Waals surface area contributed by atoms with Crippen molar-refractivity contribution in [3.8, 4) is 0 Å². The zero-order valence-corrected chi connectivity index (χ0v) is 11.6. The summed E-state index contributed by atoms with van der Waals surface area (Å²) in [5, 5.41) is 0.879. The molecular weight excluding hydrogens is 256 g/mol. The maximum absolute atomic E-state index is 12.0. The second kappa shape index (κ2) is 6.95. The van der Waals surface area contributed by atoms with Gasteiger partial charge in [-0.3, -0.25) is 4.79 Å². The Hall–Kier alpha value is -1.81. The molecule has 3 nitrogen and oxygen atoms in total. The fourth-order valence-electron chi connectivity index (χ4n) is 1.62. The Morgan fingerprint density at radius 2 is 1.89 bits per heavy atom. The van der Waals surface area contributed by atoms with Gasteiger partial charge >= 0.3 is 0 Å². The summed E-state index contributed by atoms with van der Waals surface area (Å²) in [5.74, 6) is 0.528. The lowest BCUT2D eigenvalue weighted by Crippen LogP contribution is -2.27. The average molecular weight is 272 g/mol. The number of carbonyl (C=O) groups is 1. The summed E-state index contributed by atoms with van der Waals surface area (Å²) in [6, 6.07) is 15.7. The number of aromatic nitrogens is 1. The smallest absolute Gasteiger partial charge is 0.233 e. The highest BCUT2D eigenvalue weighted by Gasteiger charge is 2.09. The summed E-state index contributed by atoms with van der Waals surface area (Å²) in [4.78, 5) is 17.9. The predicted octanol–water partition coefficient (Wildman–Crippen LogP) is 2.83. The fraction of sp³-hybridized carbons (Fsp3) is 0.200. The highest BCUT2D eigenvalue weighted by molar-refractivity contribution is 7.99. The first-order chi connectivity index (χ1) is 9.25. The lowest BCUT2D eigenvalue weighted by atomic mass is 10.2. The Labute approximate surface area is 117 Å². The van der Waals surface area contributed by atoms with Crippen LogP contribution in [-0.4, -0.2) is 28.6 Å². The third-order valence-corrected chi connectivity index (χ3v) is 3.60. The van der Waals surface area contributed by atoms with Crippen molar-refractivity contribution in [3.05, 3.63) is 60.3 Å². The van der Waals surface area contributed by atoms with Gasteiger partial charge < -0.3 is 4.90 Å². The monoisotopic (exact) mass is 272 g/mol. The Bertz CT molecular complexity index is 516. The van der Waals surface area contributed by atoms with Gasteiger partial charge in [-0.2, -0.15) is 0 Å². The molecular formula is C15H16N2OS. The largest absolute Gasteiger partial charge is 0.341 e. The summed E-state index contributed by atoms with van der Waals surface area (Å²) < 4.78 is 0. The quantitative estimate of drug-likeness (QED) is 0.785. The molecule has 0 spiro atoms. The molecule has 4 heteroatoms. The van der Waals surface area contributed by atoms with E-state index in [2.05, 4.69) is 4.98 Å². The highest BCUT2D eigenvalue weighted by Crippen LogP contribution is 2.14. The molecule has 0 bridgehead atoms. The van der Waals surface area contributed by atoms with E-state index in [1.54, 1.807) is 11.1 Å². The van der Waals surface area contributed by atoms with E-state index >= 15 is 0 Å². The summed E-state index contributed by atoms with van der Waals surface area (Å²) in [6.07, 6.45) is 1.74. The molecule has 2 rings (SSSR count). The summed E-state index contributed by atoms with van der Waals surface area (Å²) in [7, 11) is 1.83. The number of hydrogen-bond acceptors (Lipinski definition) is 3. The van der Waals surface area contributed by atoms with Crippen LogP contribution in [0.1, 0.15) is 5.56 Å². The lowest BCUT2D eigenvalue weighted by Gasteiger charge is -2.16. The first-order valence-corrected chi connectivity index (χ1v) is 7.06. The van der Waals surface area contributed by atoms with Gasteiger partial charge in [0.25, 0.3) is 0 Å². The van der Waals surface area contributed by atoms with Crippen molar-refractivity contribution in [2.45, 2.75) is 11.6 Å². The van der Waals surface area contributed by atoms with Crippen molar-refractivity contribution in [2.24, 2.45) is 0 Å². The number of benzene rings is 1. The van der Waals surface area contributed by atoms with Gasteiger partial charge in [0.15, 0.2) is 0 Å². The molecule has 0 saturated carbocycles. The first kappa shape index (κ1) is 13.6. The van der Waals surface area contributed by atoms with Crippen LogP contribution >= 0.6 is 11.8 Å². The summed E-state index contributed by atoms with van der Waals surface area (Å²) >= 11 is 1.47. The van der Waals surface area contributed by atoms with Crippen molar-refractivity contribution in [1.82, 2.24) is 9.88 Å². The molecule has 1 aromatic carbocycles. The van der Waals surface area contributed by atoms with E-state index in [0.717, 1.165) is 10.6 Å². The van der Waals surface area contributed by atoms with Gasteiger partial charge in [0.2, 0.25) is 5.91 Å².